The molecule has 15 heavy (non-hydrogen) atoms. The van der Waals surface area contributed by atoms with Crippen LogP contribution in [0.4, 0.5) is 5.69 Å². The minimum atomic E-state index is 0.652. The minimum absolute atomic E-state index is 0.652. The molecule has 0 saturated carbocycles. The third-order valence-corrected chi connectivity index (χ3v) is 3.16. The van der Waals surface area contributed by atoms with Crippen LogP contribution in [0.25, 0.3) is 0 Å². The maximum Gasteiger partial charge on any atom is 0.0396 e. The molecule has 2 rings (SSSR count). The zero-order chi connectivity index (χ0) is 10.7. The van der Waals surface area contributed by atoms with Gasteiger partial charge in [0.1, 0.15) is 0 Å². The van der Waals surface area contributed by atoms with Crippen LogP contribution in [0.5, 0.6) is 0 Å². The number of nitrogens with zero attached hydrogens (tertiary/aromatic N) is 1. The van der Waals surface area contributed by atoms with E-state index in [2.05, 4.69) is 48.3 Å². The van der Waals surface area contributed by atoms with E-state index >= 15 is 0 Å². The summed E-state index contributed by atoms with van der Waals surface area (Å²) in [5, 5.41) is 3.52. The summed E-state index contributed by atoms with van der Waals surface area (Å²) in [5.41, 5.74) is 2.78. The Bertz CT molecular complexity index is 322. The summed E-state index contributed by atoms with van der Waals surface area (Å²) < 4.78 is 0. The molecule has 1 fully saturated rings. The second-order valence-electron chi connectivity index (χ2n) is 4.42. The zero-order valence-corrected chi connectivity index (χ0v) is 9.66. The standard InChI is InChI=1S/C13H20N2/c1-11-5-3-4-6-13(11)15-9-7-12(2)14-8-10-15/h3-6,12,14H,7-10H2,1-2H3. The predicted octanol–water partition coefficient (Wildman–Crippen LogP) is 2.18. The Morgan fingerprint density at radius 2 is 2.07 bits per heavy atom. The first-order valence-corrected chi connectivity index (χ1v) is 5.81. The van der Waals surface area contributed by atoms with Crippen molar-refractivity contribution >= 4 is 5.69 Å². The fourth-order valence-electron chi connectivity index (χ4n) is 2.17. The van der Waals surface area contributed by atoms with Gasteiger partial charge in [-0.25, -0.2) is 0 Å². The van der Waals surface area contributed by atoms with E-state index in [0.717, 1.165) is 13.1 Å². The highest BCUT2D eigenvalue weighted by molar-refractivity contribution is 5.53. The molecule has 1 unspecified atom stereocenters. The number of aryl methyl sites for hydroxylation is 1. The molecule has 0 bridgehead atoms. The lowest BCUT2D eigenvalue weighted by Gasteiger charge is -2.24. The number of benzene rings is 1. The second kappa shape index (κ2) is 4.67. The van der Waals surface area contributed by atoms with Crippen LogP contribution in [0.15, 0.2) is 24.3 Å². The molecule has 82 valence electrons. The molecule has 2 heteroatoms. The minimum Gasteiger partial charge on any atom is -0.370 e. The summed E-state index contributed by atoms with van der Waals surface area (Å²) in [6.45, 7) is 7.84. The Morgan fingerprint density at radius 1 is 1.27 bits per heavy atom. The average molecular weight is 204 g/mol. The van der Waals surface area contributed by atoms with Gasteiger partial charge in [-0.15, -0.1) is 0 Å². The summed E-state index contributed by atoms with van der Waals surface area (Å²) >= 11 is 0. The third kappa shape index (κ3) is 2.51. The second-order valence-corrected chi connectivity index (χ2v) is 4.42. The third-order valence-electron chi connectivity index (χ3n) is 3.16. The zero-order valence-electron chi connectivity index (χ0n) is 9.66. The van der Waals surface area contributed by atoms with E-state index in [0.29, 0.717) is 6.04 Å². The van der Waals surface area contributed by atoms with Crippen molar-refractivity contribution < 1.29 is 0 Å². The molecule has 0 radical (unpaired) electrons. The van der Waals surface area contributed by atoms with Gasteiger partial charge in [0, 0.05) is 31.4 Å². The molecule has 1 heterocycles. The molecule has 1 aliphatic rings. The Kier molecular flexibility index (Phi) is 3.27. The summed E-state index contributed by atoms with van der Waals surface area (Å²) in [5.74, 6) is 0. The molecule has 0 spiro atoms. The van der Waals surface area contributed by atoms with Gasteiger partial charge >= 0.3 is 0 Å². The van der Waals surface area contributed by atoms with Gasteiger partial charge in [0.25, 0.3) is 0 Å². The van der Waals surface area contributed by atoms with Crippen molar-refractivity contribution in [2.45, 2.75) is 26.3 Å². The number of para-hydroxylation sites is 1. The van der Waals surface area contributed by atoms with Crippen molar-refractivity contribution in [3.05, 3.63) is 29.8 Å². The number of rotatable bonds is 1. The maximum absolute atomic E-state index is 3.52. The van der Waals surface area contributed by atoms with Crippen LogP contribution in [0, 0.1) is 6.92 Å². The summed E-state index contributed by atoms with van der Waals surface area (Å²) in [4.78, 5) is 2.49. The van der Waals surface area contributed by atoms with Crippen LogP contribution in [-0.4, -0.2) is 25.7 Å². The van der Waals surface area contributed by atoms with E-state index in [1.807, 2.05) is 0 Å². The molecule has 0 amide bonds. The molecule has 0 aliphatic carbocycles. The van der Waals surface area contributed by atoms with Crippen LogP contribution < -0.4 is 10.2 Å². The lowest BCUT2D eigenvalue weighted by atomic mass is 10.1. The molecule has 1 aromatic rings. The Morgan fingerprint density at radius 3 is 2.87 bits per heavy atom. The number of anilines is 1. The first-order valence-electron chi connectivity index (χ1n) is 5.81. The number of nitrogens with one attached hydrogen (secondary N) is 1. The van der Waals surface area contributed by atoms with Crippen molar-refractivity contribution in [1.29, 1.82) is 0 Å². The van der Waals surface area contributed by atoms with E-state index in [1.165, 1.54) is 24.2 Å². The topological polar surface area (TPSA) is 15.3 Å². The van der Waals surface area contributed by atoms with Gasteiger partial charge < -0.3 is 10.2 Å². The van der Waals surface area contributed by atoms with Crippen LogP contribution in [0.1, 0.15) is 18.9 Å². The van der Waals surface area contributed by atoms with Crippen LogP contribution in [-0.2, 0) is 0 Å². The first-order chi connectivity index (χ1) is 7.27. The van der Waals surface area contributed by atoms with Crippen molar-refractivity contribution in [1.82, 2.24) is 5.32 Å². The van der Waals surface area contributed by atoms with Gasteiger partial charge in [0.2, 0.25) is 0 Å². The van der Waals surface area contributed by atoms with Crippen molar-refractivity contribution in [2.75, 3.05) is 24.5 Å². The average Bonchev–Trinajstić information content (AvgIpc) is 2.44. The Labute approximate surface area is 92.3 Å². The largest absolute Gasteiger partial charge is 0.370 e. The van der Waals surface area contributed by atoms with Crippen LogP contribution in [0.3, 0.4) is 0 Å². The molecule has 2 nitrogen and oxygen atoms in total. The van der Waals surface area contributed by atoms with E-state index < -0.39 is 0 Å². The van der Waals surface area contributed by atoms with Gasteiger partial charge in [-0.1, -0.05) is 18.2 Å². The van der Waals surface area contributed by atoms with E-state index in [4.69, 9.17) is 0 Å². The maximum atomic E-state index is 3.52. The highest BCUT2D eigenvalue weighted by atomic mass is 15.2. The van der Waals surface area contributed by atoms with E-state index in [1.54, 1.807) is 0 Å². The SMILES string of the molecule is Cc1ccccc1N1CCNC(C)CC1. The molecule has 1 N–H and O–H groups in total. The van der Waals surface area contributed by atoms with Gasteiger partial charge in [-0.3, -0.25) is 0 Å². The smallest absolute Gasteiger partial charge is 0.0396 e. The lowest BCUT2D eigenvalue weighted by molar-refractivity contribution is 0.566. The first kappa shape index (κ1) is 10.5. The molecule has 1 atom stereocenters. The fraction of sp³-hybridized carbons (Fsp3) is 0.538. The summed E-state index contributed by atoms with van der Waals surface area (Å²) in [6.07, 6.45) is 1.23. The van der Waals surface area contributed by atoms with Gasteiger partial charge in [-0.2, -0.15) is 0 Å². The molecule has 1 aromatic carbocycles. The van der Waals surface area contributed by atoms with Gasteiger partial charge in [-0.05, 0) is 31.9 Å². The number of hydrogen-bond donors (Lipinski definition) is 1. The van der Waals surface area contributed by atoms with E-state index in [-0.39, 0.29) is 0 Å². The fourth-order valence-corrected chi connectivity index (χ4v) is 2.17. The quantitative estimate of drug-likeness (QED) is 0.754. The summed E-state index contributed by atoms with van der Waals surface area (Å²) in [6, 6.07) is 9.31. The van der Waals surface area contributed by atoms with Gasteiger partial charge in [0.05, 0.1) is 0 Å². The highest BCUT2D eigenvalue weighted by Gasteiger charge is 2.14. The molecule has 1 aliphatic heterocycles. The molecule has 1 saturated heterocycles. The number of hydrogen-bond acceptors (Lipinski definition) is 2. The predicted molar refractivity (Wildman–Crippen MR) is 65.5 cm³/mol. The molecular weight excluding hydrogens is 184 g/mol. The van der Waals surface area contributed by atoms with E-state index in [9.17, 15) is 0 Å². The van der Waals surface area contributed by atoms with Crippen LogP contribution >= 0.6 is 0 Å². The van der Waals surface area contributed by atoms with Crippen molar-refractivity contribution in [2.24, 2.45) is 0 Å². The molecule has 0 aromatic heterocycles. The normalized spacial score (nSPS) is 22.5. The lowest BCUT2D eigenvalue weighted by Crippen LogP contribution is -2.29. The van der Waals surface area contributed by atoms with Crippen molar-refractivity contribution in [3.8, 4) is 0 Å². The summed E-state index contributed by atoms with van der Waals surface area (Å²) in [7, 11) is 0. The Hall–Kier alpha value is -1.02. The highest BCUT2D eigenvalue weighted by Crippen LogP contribution is 2.20. The van der Waals surface area contributed by atoms with Crippen molar-refractivity contribution in [3.63, 3.8) is 0 Å². The molecular formula is C13H20N2. The monoisotopic (exact) mass is 204 g/mol. The van der Waals surface area contributed by atoms with Crippen LogP contribution in [0.2, 0.25) is 0 Å². The Balaban J connectivity index is 2.13. The van der Waals surface area contributed by atoms with Gasteiger partial charge in [0.15, 0.2) is 0 Å².